The lowest BCUT2D eigenvalue weighted by Crippen LogP contribution is -2.67. The lowest BCUT2D eigenvalue weighted by atomic mass is 9.83. The van der Waals surface area contributed by atoms with Crippen LogP contribution in [0.4, 0.5) is 0 Å². The second-order valence-corrected chi connectivity index (χ2v) is 33.2. The predicted octanol–water partition coefficient (Wildman–Crippen LogP) is 25.9. The predicted molar refractivity (Wildman–Crippen MR) is 443 cm³/mol. The maximum absolute atomic E-state index is 11.2. The normalized spacial score (nSPS) is 17.5. The first-order chi connectivity index (χ1) is 52.3. The van der Waals surface area contributed by atoms with E-state index in [0.717, 1.165) is 137 Å². The molecule has 0 saturated heterocycles. The molecule has 0 bridgehead atoms. The molecule has 0 spiro atoms. The summed E-state index contributed by atoms with van der Waals surface area (Å²) in [4.78, 5) is 18.4. The van der Waals surface area contributed by atoms with Crippen LogP contribution in [0.5, 0.6) is 0 Å². The van der Waals surface area contributed by atoms with Crippen LogP contribution in [-0.2, 0) is 74.9 Å². The van der Waals surface area contributed by atoms with Gasteiger partial charge in [0.2, 0.25) is 0 Å². The van der Waals surface area contributed by atoms with Crippen molar-refractivity contribution in [3.63, 3.8) is 0 Å². The Balaban J connectivity index is 1.24. The summed E-state index contributed by atoms with van der Waals surface area (Å²) in [6.07, 6.45) is 52.0. The van der Waals surface area contributed by atoms with E-state index in [-0.39, 0.29) is 17.5 Å². The number of allylic oxidation sites excluding steroid dienone is 2. The summed E-state index contributed by atoms with van der Waals surface area (Å²) in [5, 5.41) is 0.0564. The van der Waals surface area contributed by atoms with Gasteiger partial charge in [0.1, 0.15) is 36.6 Å². The first-order valence-electron chi connectivity index (χ1n) is 42.8. The smallest absolute Gasteiger partial charge is 0.325 e. The molecule has 0 radical (unpaired) electrons. The standard InChI is InChI=1S/C93H145O11PS/c1-3-5-7-9-11-13-15-17-22-26-30-34-38-57-71-97-80-86(98-72-58-39-35-31-27-23-18-16-14-12-10-8-6-4-2)74-87(70-56-37-33-29-25-21-19-20-24-28-32-36-40-59-73-105(94,95)96)106-104-93-91(102-78-84-66-52-44-53-67-84)89(100-76-82-62-48-42-49-63-82)88(99-75-81-60-46-41-47-61-81)90(101-77-83-64-50-43-51-65-83)92(93)103-79-85-68-54-45-55-69-85/h19,21,41-55,60-69,86-93H,3-18,20,22-40,56-59,70-80H2,1-2H3,(H2,94,95,96)/b21-19-/t86?,87?,88-,89-,90+,91-,92-,93-/m0/s1. The summed E-state index contributed by atoms with van der Waals surface area (Å²) >= 11 is 1.58. The van der Waals surface area contributed by atoms with Gasteiger partial charge in [-0.3, -0.25) is 4.57 Å². The Morgan fingerprint density at radius 1 is 0.349 bits per heavy atom. The van der Waals surface area contributed by atoms with E-state index >= 15 is 0 Å². The highest BCUT2D eigenvalue weighted by Crippen LogP contribution is 2.40. The number of benzene rings is 5. The van der Waals surface area contributed by atoms with Gasteiger partial charge in [-0.15, -0.1) is 0 Å². The highest BCUT2D eigenvalue weighted by atomic mass is 32.2. The number of hydrogen-bond donors (Lipinski definition) is 2. The number of rotatable bonds is 69. The van der Waals surface area contributed by atoms with Crippen molar-refractivity contribution in [2.75, 3.05) is 26.0 Å². The Hall–Kier alpha value is -3.98. The minimum atomic E-state index is -3.89. The van der Waals surface area contributed by atoms with E-state index in [1.807, 2.05) is 30.3 Å². The minimum absolute atomic E-state index is 0.000720. The van der Waals surface area contributed by atoms with Crippen LogP contribution in [0.3, 0.4) is 0 Å². The molecule has 1 fully saturated rings. The summed E-state index contributed by atoms with van der Waals surface area (Å²) in [7, 11) is -3.89. The van der Waals surface area contributed by atoms with Crippen molar-refractivity contribution >= 4 is 19.6 Å². The zero-order valence-corrected chi connectivity index (χ0v) is 67.9. The van der Waals surface area contributed by atoms with Crippen molar-refractivity contribution in [3.8, 4) is 0 Å². The average Bonchev–Trinajstić information content (AvgIpc) is 0.763. The molecule has 0 aliphatic heterocycles. The van der Waals surface area contributed by atoms with E-state index in [0.29, 0.717) is 46.1 Å². The summed E-state index contributed by atoms with van der Waals surface area (Å²) in [5.41, 5.74) is 5.23. The van der Waals surface area contributed by atoms with Crippen molar-refractivity contribution in [3.05, 3.63) is 192 Å². The SMILES string of the molecule is CCCCCCCCCCCCCCCCOCC(CC(CCCCCC/C=C\CCCCCCCCP(=O)(O)O)SO[C@@H]1[C@@H](OCc2ccccc2)[C@H](OCc2ccccc2)[C@@H](OCc2ccccc2)[C@H](OCc2ccccc2)[C@@H]1OCc1ccccc1)OCCCCCCCCCCCCCCCC. The van der Waals surface area contributed by atoms with Gasteiger partial charge in [0, 0.05) is 24.6 Å². The largest absolute Gasteiger partial charge is 0.379 e. The van der Waals surface area contributed by atoms with Gasteiger partial charge in [0.05, 0.1) is 45.7 Å². The number of unbranched alkanes of at least 4 members (excludes halogenated alkanes) is 36. The van der Waals surface area contributed by atoms with Crippen molar-refractivity contribution in [2.45, 2.75) is 365 Å². The third-order valence-corrected chi connectivity index (χ3v) is 22.8. The van der Waals surface area contributed by atoms with E-state index in [9.17, 15) is 14.4 Å². The fourth-order valence-corrected chi connectivity index (χ4v) is 16.2. The van der Waals surface area contributed by atoms with E-state index in [2.05, 4.69) is 147 Å². The Bertz CT molecular complexity index is 2740. The molecule has 2 unspecified atom stereocenters. The number of ether oxygens (including phenoxy) is 7. The van der Waals surface area contributed by atoms with Gasteiger partial charge in [0.15, 0.2) is 0 Å². The van der Waals surface area contributed by atoms with Crippen LogP contribution in [0.1, 0.15) is 311 Å². The minimum Gasteiger partial charge on any atom is -0.379 e. The molecule has 594 valence electrons. The monoisotopic (exact) mass is 1500 g/mol. The molecular formula is C93H145O11PS. The highest BCUT2D eigenvalue weighted by Gasteiger charge is 2.56. The molecule has 1 aliphatic rings. The van der Waals surface area contributed by atoms with Crippen LogP contribution >= 0.6 is 19.6 Å². The van der Waals surface area contributed by atoms with Crippen molar-refractivity contribution in [2.24, 2.45) is 0 Å². The molecule has 0 amide bonds. The van der Waals surface area contributed by atoms with Crippen molar-refractivity contribution in [1.82, 2.24) is 0 Å². The highest BCUT2D eigenvalue weighted by molar-refractivity contribution is 7.95. The summed E-state index contributed by atoms with van der Waals surface area (Å²) < 4.78 is 69.5. The van der Waals surface area contributed by atoms with Gasteiger partial charge in [-0.1, -0.05) is 390 Å². The topological polar surface area (TPSA) is 131 Å². The van der Waals surface area contributed by atoms with Crippen LogP contribution in [0.15, 0.2) is 164 Å². The van der Waals surface area contributed by atoms with Gasteiger partial charge in [-0.2, -0.15) is 0 Å². The molecule has 6 rings (SSSR count). The zero-order chi connectivity index (χ0) is 74.5. The lowest BCUT2D eigenvalue weighted by Gasteiger charge is -2.49. The third-order valence-electron chi connectivity index (χ3n) is 20.9. The van der Waals surface area contributed by atoms with Gasteiger partial charge in [-0.05, 0) is 97.6 Å². The molecule has 106 heavy (non-hydrogen) atoms. The van der Waals surface area contributed by atoms with Crippen LogP contribution < -0.4 is 0 Å². The van der Waals surface area contributed by atoms with Gasteiger partial charge in [0.25, 0.3) is 0 Å². The molecule has 0 aromatic heterocycles. The molecule has 0 heterocycles. The summed E-state index contributed by atoms with van der Waals surface area (Å²) in [6, 6.07) is 52.0. The van der Waals surface area contributed by atoms with Crippen molar-refractivity contribution in [1.29, 1.82) is 0 Å². The van der Waals surface area contributed by atoms with E-state index in [1.165, 1.54) is 167 Å². The molecule has 8 atom stereocenters. The lowest BCUT2D eigenvalue weighted by molar-refractivity contribution is -0.277. The van der Waals surface area contributed by atoms with Crippen molar-refractivity contribution < 1.29 is 51.7 Å². The van der Waals surface area contributed by atoms with Gasteiger partial charge >= 0.3 is 7.60 Å². The van der Waals surface area contributed by atoms with Crippen LogP contribution in [0.25, 0.3) is 0 Å². The molecule has 5 aromatic rings. The fraction of sp³-hybridized carbons (Fsp3) is 0.656. The number of hydrogen-bond acceptors (Lipinski definition) is 10. The maximum atomic E-state index is 11.2. The molecule has 13 heteroatoms. The molecule has 11 nitrogen and oxygen atoms in total. The van der Waals surface area contributed by atoms with E-state index < -0.39 is 44.2 Å². The van der Waals surface area contributed by atoms with Crippen LogP contribution in [0, 0.1) is 0 Å². The Kier molecular flexibility index (Phi) is 52.9. The van der Waals surface area contributed by atoms with Gasteiger partial charge < -0.3 is 47.1 Å². The molecule has 1 aliphatic carbocycles. The summed E-state index contributed by atoms with van der Waals surface area (Å²) in [6.45, 7) is 8.24. The third kappa shape index (κ3) is 44.2. The first-order valence-corrected chi connectivity index (χ1v) is 45.4. The second-order valence-electron chi connectivity index (χ2n) is 30.3. The maximum Gasteiger partial charge on any atom is 0.325 e. The Labute approximate surface area is 649 Å². The van der Waals surface area contributed by atoms with Crippen LogP contribution in [-0.4, -0.2) is 83.7 Å². The average molecular weight is 1500 g/mol. The Morgan fingerprint density at radius 2 is 0.632 bits per heavy atom. The van der Waals surface area contributed by atoms with Gasteiger partial charge in [-0.25, -0.2) is 0 Å². The molecule has 5 aromatic carbocycles. The molecule has 1 saturated carbocycles. The van der Waals surface area contributed by atoms with E-state index in [4.69, 9.17) is 37.3 Å². The fourth-order valence-electron chi connectivity index (χ4n) is 14.5. The second kappa shape index (κ2) is 61.7. The zero-order valence-electron chi connectivity index (χ0n) is 66.2. The Morgan fingerprint density at radius 3 is 0.962 bits per heavy atom. The molecular weight excluding hydrogens is 1360 g/mol. The van der Waals surface area contributed by atoms with Crippen LogP contribution in [0.2, 0.25) is 0 Å². The quantitative estimate of drug-likeness (QED) is 0.0166. The van der Waals surface area contributed by atoms with E-state index in [1.54, 1.807) is 12.0 Å². The summed E-state index contributed by atoms with van der Waals surface area (Å²) in [5.74, 6) is 0. The molecule has 2 N–H and O–H groups in total. The first kappa shape index (κ1) is 90.9.